The minimum Gasteiger partial charge on any atom is -0.390 e. The number of aliphatic hydroxyl groups excluding tert-OH is 1. The van der Waals surface area contributed by atoms with E-state index in [1.165, 1.54) is 0 Å². The maximum absolute atomic E-state index is 10.4. The molecule has 3 N–H and O–H groups in total. The summed E-state index contributed by atoms with van der Waals surface area (Å²) < 4.78 is 19.9. The maximum Gasteiger partial charge on any atom is 0.469 e. The highest BCUT2D eigenvalue weighted by Crippen LogP contribution is 2.37. The number of rotatable bonds is 3. The Balaban J connectivity index is 2.44. The van der Waals surface area contributed by atoms with Gasteiger partial charge in [0.2, 0.25) is 0 Å². The van der Waals surface area contributed by atoms with Crippen LogP contribution in [0.1, 0.15) is 6.92 Å². The van der Waals surface area contributed by atoms with Gasteiger partial charge in [0.1, 0.15) is 14.0 Å². The van der Waals surface area contributed by atoms with Crippen molar-refractivity contribution in [1.82, 2.24) is 0 Å². The lowest BCUT2D eigenvalue weighted by atomic mass is 9.86. The maximum atomic E-state index is 10.4. The van der Waals surface area contributed by atoms with Crippen molar-refractivity contribution in [2.75, 3.05) is 6.61 Å². The van der Waals surface area contributed by atoms with Crippen molar-refractivity contribution in [2.24, 2.45) is 5.92 Å². The summed E-state index contributed by atoms with van der Waals surface area (Å²) in [5, 5.41) is 9.57. The van der Waals surface area contributed by atoms with Crippen LogP contribution in [0.5, 0.6) is 0 Å². The van der Waals surface area contributed by atoms with Crippen LogP contribution in [0, 0.1) is 5.92 Å². The Morgan fingerprint density at radius 3 is 2.50 bits per heavy atom. The predicted molar refractivity (Wildman–Crippen MR) is 50.4 cm³/mol. The lowest BCUT2D eigenvalue weighted by molar-refractivity contribution is -0.00501. The second-order valence-electron chi connectivity index (χ2n) is 3.52. The van der Waals surface area contributed by atoms with Gasteiger partial charge in [0.05, 0.1) is 12.7 Å². The lowest BCUT2D eigenvalue weighted by Gasteiger charge is -2.15. The molecule has 8 heteroatoms. The van der Waals surface area contributed by atoms with Crippen LogP contribution in [0.25, 0.3) is 0 Å². The van der Waals surface area contributed by atoms with Gasteiger partial charge in [-0.3, -0.25) is 4.52 Å². The van der Waals surface area contributed by atoms with Crippen LogP contribution in [0.4, 0.5) is 0 Å². The molecular formula is C6H14BO6P. The molecule has 82 valence electrons. The molecule has 0 aromatic heterocycles. The zero-order valence-corrected chi connectivity index (χ0v) is 8.92. The fourth-order valence-corrected chi connectivity index (χ4v) is 1.75. The molecular weight excluding hydrogens is 210 g/mol. The third-order valence-electron chi connectivity index (χ3n) is 2.46. The molecule has 6 nitrogen and oxygen atoms in total. The minimum absolute atomic E-state index is 0.0552. The van der Waals surface area contributed by atoms with Gasteiger partial charge >= 0.3 is 7.82 Å². The minimum atomic E-state index is -4.48. The first-order chi connectivity index (χ1) is 6.31. The molecule has 0 aromatic carbocycles. The van der Waals surface area contributed by atoms with E-state index in [4.69, 9.17) is 14.5 Å². The number of phosphoric ester groups is 1. The van der Waals surface area contributed by atoms with E-state index in [2.05, 4.69) is 4.52 Å². The average Bonchev–Trinajstić information content (AvgIpc) is 2.28. The lowest BCUT2D eigenvalue weighted by Crippen LogP contribution is -2.29. The molecule has 4 atom stereocenters. The smallest absolute Gasteiger partial charge is 0.390 e. The standard InChI is InChI=1S/C6H14BO6P/c1-3-5(8)4(13-6(3)7)2-12-14(9,10)11/h3-6,8H,2,7H2,1H3,(H2,9,10,11)/t3-,4-,5?,6-/m1/s1. The molecule has 1 heterocycles. The Kier molecular flexibility index (Phi) is 3.74. The van der Waals surface area contributed by atoms with Gasteiger partial charge in [-0.2, -0.15) is 0 Å². The molecule has 0 aromatic rings. The van der Waals surface area contributed by atoms with Crippen molar-refractivity contribution < 1.29 is 28.7 Å². The van der Waals surface area contributed by atoms with Gasteiger partial charge in [0.15, 0.2) is 0 Å². The highest BCUT2D eigenvalue weighted by Gasteiger charge is 2.39. The van der Waals surface area contributed by atoms with Gasteiger partial charge in [-0.25, -0.2) is 4.57 Å². The van der Waals surface area contributed by atoms with E-state index in [0.717, 1.165) is 0 Å². The summed E-state index contributed by atoms with van der Waals surface area (Å²) in [5.74, 6) is -0.0552. The molecule has 0 aliphatic carbocycles. The van der Waals surface area contributed by atoms with E-state index in [1.807, 2.05) is 6.92 Å². The third-order valence-corrected chi connectivity index (χ3v) is 2.94. The molecule has 0 spiro atoms. The monoisotopic (exact) mass is 224 g/mol. The SMILES string of the molecule is B[C@@H]1O[C@H](COP(=O)(O)O)C(O)[C@H]1C. The zero-order chi connectivity index (χ0) is 10.9. The second kappa shape index (κ2) is 4.30. The van der Waals surface area contributed by atoms with E-state index >= 15 is 0 Å². The summed E-state index contributed by atoms with van der Waals surface area (Å²) in [4.78, 5) is 16.9. The fourth-order valence-electron chi connectivity index (χ4n) is 1.40. The summed E-state index contributed by atoms with van der Waals surface area (Å²) in [6.45, 7) is 1.52. The Hall–Kier alpha value is 0.0949. The molecule has 0 amide bonds. The van der Waals surface area contributed by atoms with E-state index in [1.54, 1.807) is 7.85 Å². The average molecular weight is 224 g/mol. The van der Waals surface area contributed by atoms with Gasteiger partial charge in [0, 0.05) is 11.9 Å². The molecule has 1 fully saturated rings. The summed E-state index contributed by atoms with van der Waals surface area (Å²) in [7, 11) is -2.68. The number of hydrogen-bond acceptors (Lipinski definition) is 4. The van der Waals surface area contributed by atoms with Crippen molar-refractivity contribution in [2.45, 2.75) is 25.1 Å². The summed E-state index contributed by atoms with van der Waals surface area (Å²) >= 11 is 0. The molecule has 0 saturated carbocycles. The van der Waals surface area contributed by atoms with Crippen LogP contribution in [-0.4, -0.2) is 47.6 Å². The van der Waals surface area contributed by atoms with Crippen LogP contribution in [0.2, 0.25) is 0 Å². The first-order valence-electron chi connectivity index (χ1n) is 4.35. The molecule has 1 rings (SSSR count). The fraction of sp³-hybridized carbons (Fsp3) is 1.00. The number of phosphoric acid groups is 1. The van der Waals surface area contributed by atoms with Crippen LogP contribution in [-0.2, 0) is 13.8 Å². The Labute approximate surface area is 82.9 Å². The highest BCUT2D eigenvalue weighted by molar-refractivity contribution is 7.46. The molecule has 1 aliphatic rings. The molecule has 1 saturated heterocycles. The summed E-state index contributed by atoms with van der Waals surface area (Å²) in [5.41, 5.74) is 0. The molecule has 0 bridgehead atoms. The molecule has 0 radical (unpaired) electrons. The van der Waals surface area contributed by atoms with Crippen molar-refractivity contribution in [3.05, 3.63) is 0 Å². The largest absolute Gasteiger partial charge is 0.469 e. The summed E-state index contributed by atoms with van der Waals surface area (Å²) in [6.07, 6.45) is -1.40. The van der Waals surface area contributed by atoms with Crippen molar-refractivity contribution in [3.63, 3.8) is 0 Å². The van der Waals surface area contributed by atoms with Gasteiger partial charge in [0.25, 0.3) is 0 Å². The van der Waals surface area contributed by atoms with Gasteiger partial charge in [-0.1, -0.05) is 6.92 Å². The van der Waals surface area contributed by atoms with Crippen molar-refractivity contribution in [3.8, 4) is 0 Å². The number of aliphatic hydroxyl groups is 1. The predicted octanol–water partition coefficient (Wildman–Crippen LogP) is -1.55. The van der Waals surface area contributed by atoms with Gasteiger partial charge in [-0.15, -0.1) is 0 Å². The molecule has 1 unspecified atom stereocenters. The first kappa shape index (κ1) is 12.2. The zero-order valence-electron chi connectivity index (χ0n) is 8.03. The molecule has 14 heavy (non-hydrogen) atoms. The topological polar surface area (TPSA) is 96.2 Å². The Morgan fingerprint density at radius 1 is 1.57 bits per heavy atom. The van der Waals surface area contributed by atoms with Crippen molar-refractivity contribution in [1.29, 1.82) is 0 Å². The molecule has 1 aliphatic heterocycles. The quantitative estimate of drug-likeness (QED) is 0.396. The van der Waals surface area contributed by atoms with Gasteiger partial charge in [-0.05, 0) is 0 Å². The van der Waals surface area contributed by atoms with E-state index < -0.39 is 20.0 Å². The van der Waals surface area contributed by atoms with Crippen LogP contribution in [0.15, 0.2) is 0 Å². The highest BCUT2D eigenvalue weighted by atomic mass is 31.2. The second-order valence-corrected chi connectivity index (χ2v) is 4.76. The first-order valence-corrected chi connectivity index (χ1v) is 5.88. The number of ether oxygens (including phenoxy) is 1. The van der Waals surface area contributed by atoms with E-state index in [9.17, 15) is 9.67 Å². The number of hydrogen-bond donors (Lipinski definition) is 3. The summed E-state index contributed by atoms with van der Waals surface area (Å²) in [6, 6.07) is -0.129. The van der Waals surface area contributed by atoms with E-state index in [-0.39, 0.29) is 18.5 Å². The van der Waals surface area contributed by atoms with Crippen LogP contribution < -0.4 is 0 Å². The normalized spacial score (nSPS) is 38.9. The Morgan fingerprint density at radius 2 is 2.14 bits per heavy atom. The van der Waals surface area contributed by atoms with Crippen molar-refractivity contribution >= 4 is 15.7 Å². The van der Waals surface area contributed by atoms with E-state index in [0.29, 0.717) is 0 Å². The van der Waals surface area contributed by atoms with Crippen LogP contribution in [0.3, 0.4) is 0 Å². The van der Waals surface area contributed by atoms with Gasteiger partial charge < -0.3 is 19.6 Å². The van der Waals surface area contributed by atoms with Crippen LogP contribution >= 0.6 is 7.82 Å². The third kappa shape index (κ3) is 3.05. The Bertz CT molecular complexity index is 242.